The number of amides is 5. The lowest BCUT2D eigenvalue weighted by atomic mass is 9.85. The molecule has 2 heterocycles. The Hall–Kier alpha value is -3.18. The van der Waals surface area contributed by atoms with Crippen molar-refractivity contribution in [2.24, 2.45) is 10.6 Å². The highest BCUT2D eigenvalue weighted by Gasteiger charge is 2.55. The molecule has 5 amide bonds. The lowest BCUT2D eigenvalue weighted by molar-refractivity contribution is -0.144. The second-order valence-electron chi connectivity index (χ2n) is 13.8. The number of hydrogen-bond donors (Lipinski definition) is 4. The van der Waals surface area contributed by atoms with Crippen LogP contribution in [0.5, 0.6) is 0 Å². The summed E-state index contributed by atoms with van der Waals surface area (Å²) in [6.45, 7) is 15.0. The van der Waals surface area contributed by atoms with Crippen LogP contribution in [-0.4, -0.2) is 82.0 Å². The zero-order valence-electron chi connectivity index (χ0n) is 25.8. The Bertz CT molecular complexity index is 1070. The zero-order chi connectivity index (χ0) is 30.8. The van der Waals surface area contributed by atoms with E-state index in [1.54, 1.807) is 0 Å². The maximum Gasteiger partial charge on any atom is 0.315 e. The van der Waals surface area contributed by atoms with Gasteiger partial charge in [-0.3, -0.25) is 19.2 Å². The molecule has 12 heteroatoms. The summed E-state index contributed by atoms with van der Waals surface area (Å²) in [5, 5.41) is 15.3. The van der Waals surface area contributed by atoms with Crippen molar-refractivity contribution in [3.63, 3.8) is 0 Å². The molecule has 1 saturated carbocycles. The molecule has 41 heavy (non-hydrogen) atoms. The van der Waals surface area contributed by atoms with Gasteiger partial charge in [0, 0.05) is 24.4 Å². The number of Topliss-reactive ketones (excluding diaryl/α,β-unsaturated/α-hetero) is 1. The van der Waals surface area contributed by atoms with Gasteiger partial charge in [0.25, 0.3) is 5.91 Å². The molecule has 2 aliphatic heterocycles. The van der Waals surface area contributed by atoms with E-state index >= 15 is 0 Å². The van der Waals surface area contributed by atoms with E-state index < -0.39 is 64.2 Å². The number of nitrogens with zero attached hydrogens (tertiary/aromatic N) is 2. The maximum absolute atomic E-state index is 14.2. The zero-order valence-corrected chi connectivity index (χ0v) is 25.8. The van der Waals surface area contributed by atoms with Crippen molar-refractivity contribution < 1.29 is 28.8 Å². The first-order chi connectivity index (χ1) is 19.0. The number of urea groups is 1. The average Bonchev–Trinajstić information content (AvgIpc) is 3.46. The van der Waals surface area contributed by atoms with Crippen LogP contribution in [0.4, 0.5) is 4.79 Å². The first-order valence-electron chi connectivity index (χ1n) is 14.8. The van der Waals surface area contributed by atoms with Gasteiger partial charge in [0.1, 0.15) is 12.1 Å². The molecule has 12 nitrogen and oxygen atoms in total. The SMILES string of the molecule is CCC[C@H](NC(=O)[C@@H]1C[C@]2(CC(CC)=NO2)CN1C(=O)[C@@H](NC(=O)NC(C)(C)C)C(C)(C)C)C(=O)C(=O)NC1CC1. The van der Waals surface area contributed by atoms with Crippen LogP contribution in [0.3, 0.4) is 0 Å². The minimum atomic E-state index is -1.01. The van der Waals surface area contributed by atoms with Crippen LogP contribution in [0.1, 0.15) is 100 Å². The Balaban J connectivity index is 1.86. The van der Waals surface area contributed by atoms with Crippen LogP contribution in [0.15, 0.2) is 5.16 Å². The maximum atomic E-state index is 14.2. The van der Waals surface area contributed by atoms with Gasteiger partial charge in [-0.1, -0.05) is 46.2 Å². The molecule has 0 bridgehead atoms. The van der Waals surface area contributed by atoms with Crippen LogP contribution < -0.4 is 21.3 Å². The third kappa shape index (κ3) is 8.42. The highest BCUT2D eigenvalue weighted by atomic mass is 16.7. The van der Waals surface area contributed by atoms with E-state index in [0.29, 0.717) is 19.3 Å². The topological polar surface area (TPSA) is 158 Å². The fourth-order valence-corrected chi connectivity index (χ4v) is 5.19. The highest BCUT2D eigenvalue weighted by molar-refractivity contribution is 6.38. The summed E-state index contributed by atoms with van der Waals surface area (Å²) >= 11 is 0. The molecular formula is C29H48N6O6. The standard InChI is InChI=1S/C29H48N6O6/c1-9-11-19(21(36)24(38)30-18-12-13-18)31-23(37)20-15-29(14-17(10-2)34-41-29)16-35(20)25(39)22(27(3,4)5)32-26(40)33-28(6,7)8/h18-20,22H,9-16H2,1-8H3,(H,30,38)(H,31,37)(H2,32,33,40)/t19-,20-,22+,29+/m0/s1. The number of ketones is 1. The number of likely N-dealkylation sites (tertiary alicyclic amines) is 1. The molecule has 0 aromatic carbocycles. The van der Waals surface area contributed by atoms with Crippen LogP contribution >= 0.6 is 0 Å². The number of oxime groups is 1. The van der Waals surface area contributed by atoms with Crippen molar-refractivity contribution in [2.45, 2.75) is 136 Å². The van der Waals surface area contributed by atoms with Gasteiger partial charge in [-0.2, -0.15) is 0 Å². The van der Waals surface area contributed by atoms with Gasteiger partial charge in [0.15, 0.2) is 5.60 Å². The Morgan fingerprint density at radius 3 is 2.22 bits per heavy atom. The van der Waals surface area contributed by atoms with E-state index in [-0.39, 0.29) is 25.4 Å². The predicted molar refractivity (Wildman–Crippen MR) is 154 cm³/mol. The Morgan fingerprint density at radius 1 is 1.05 bits per heavy atom. The summed E-state index contributed by atoms with van der Waals surface area (Å²) in [7, 11) is 0. The van der Waals surface area contributed by atoms with Gasteiger partial charge >= 0.3 is 6.03 Å². The van der Waals surface area contributed by atoms with Crippen LogP contribution in [0.25, 0.3) is 0 Å². The summed E-state index contributed by atoms with van der Waals surface area (Å²) in [6.07, 6.45) is 3.84. The molecule has 3 rings (SSSR count). The molecule has 3 aliphatic rings. The predicted octanol–water partition coefficient (Wildman–Crippen LogP) is 2.16. The van der Waals surface area contributed by atoms with Crippen molar-refractivity contribution >= 4 is 35.2 Å². The van der Waals surface area contributed by atoms with E-state index in [4.69, 9.17) is 4.84 Å². The second kappa shape index (κ2) is 12.4. The van der Waals surface area contributed by atoms with Crippen molar-refractivity contribution in [2.75, 3.05) is 6.54 Å². The minimum absolute atomic E-state index is 0.0109. The molecule has 1 spiro atoms. The lowest BCUT2D eigenvalue weighted by Gasteiger charge is -2.36. The Labute approximate surface area is 243 Å². The molecule has 1 aliphatic carbocycles. The second-order valence-corrected chi connectivity index (χ2v) is 13.8. The Kier molecular flexibility index (Phi) is 9.75. The van der Waals surface area contributed by atoms with Crippen LogP contribution in [0.2, 0.25) is 0 Å². The summed E-state index contributed by atoms with van der Waals surface area (Å²) in [4.78, 5) is 73.5. The number of rotatable bonds is 10. The van der Waals surface area contributed by atoms with Gasteiger partial charge in [-0.15, -0.1) is 0 Å². The average molecular weight is 577 g/mol. The smallest absolute Gasteiger partial charge is 0.315 e. The Morgan fingerprint density at radius 2 is 1.71 bits per heavy atom. The van der Waals surface area contributed by atoms with Crippen molar-refractivity contribution in [3.8, 4) is 0 Å². The van der Waals surface area contributed by atoms with Crippen molar-refractivity contribution in [1.29, 1.82) is 0 Å². The molecule has 0 unspecified atom stereocenters. The molecule has 0 radical (unpaired) electrons. The van der Waals surface area contributed by atoms with Gasteiger partial charge in [0.2, 0.25) is 17.6 Å². The summed E-state index contributed by atoms with van der Waals surface area (Å²) in [6, 6.07) is -3.44. The summed E-state index contributed by atoms with van der Waals surface area (Å²) in [5.41, 5.74) is -1.25. The van der Waals surface area contributed by atoms with E-state index in [2.05, 4.69) is 26.4 Å². The largest absolute Gasteiger partial charge is 0.387 e. The van der Waals surface area contributed by atoms with Crippen molar-refractivity contribution in [3.05, 3.63) is 0 Å². The lowest BCUT2D eigenvalue weighted by Crippen LogP contribution is -2.61. The summed E-state index contributed by atoms with van der Waals surface area (Å²) in [5.74, 6) is -2.37. The van der Waals surface area contributed by atoms with Crippen LogP contribution in [-0.2, 0) is 24.0 Å². The van der Waals surface area contributed by atoms with E-state index in [1.807, 2.05) is 55.4 Å². The van der Waals surface area contributed by atoms with E-state index in [1.165, 1.54) is 4.90 Å². The monoisotopic (exact) mass is 576 g/mol. The first-order valence-corrected chi connectivity index (χ1v) is 14.8. The molecule has 1 saturated heterocycles. The van der Waals surface area contributed by atoms with Gasteiger partial charge in [-0.05, 0) is 51.9 Å². The fraction of sp³-hybridized carbons (Fsp3) is 0.793. The number of hydrogen-bond acceptors (Lipinski definition) is 7. The third-order valence-corrected chi connectivity index (χ3v) is 7.51. The van der Waals surface area contributed by atoms with Gasteiger partial charge in [-0.25, -0.2) is 4.79 Å². The van der Waals surface area contributed by atoms with E-state index in [0.717, 1.165) is 18.6 Å². The first kappa shape index (κ1) is 32.3. The third-order valence-electron chi connectivity index (χ3n) is 7.51. The number of carbonyl (C=O) groups is 5. The van der Waals surface area contributed by atoms with Gasteiger partial charge < -0.3 is 31.0 Å². The molecule has 0 aromatic heterocycles. The van der Waals surface area contributed by atoms with E-state index in [9.17, 15) is 24.0 Å². The number of carbonyl (C=O) groups excluding carboxylic acids is 5. The minimum Gasteiger partial charge on any atom is -0.387 e. The molecule has 4 atom stereocenters. The van der Waals surface area contributed by atoms with Crippen molar-refractivity contribution in [1.82, 2.24) is 26.2 Å². The number of nitrogens with one attached hydrogen (secondary N) is 4. The highest BCUT2D eigenvalue weighted by Crippen LogP contribution is 2.39. The quantitative estimate of drug-likeness (QED) is 0.292. The molecular weight excluding hydrogens is 528 g/mol. The van der Waals surface area contributed by atoms with Gasteiger partial charge in [0.05, 0.1) is 18.3 Å². The molecule has 4 N–H and O–H groups in total. The molecule has 2 fully saturated rings. The normalized spacial score (nSPS) is 23.8. The molecule has 230 valence electrons. The summed E-state index contributed by atoms with van der Waals surface area (Å²) < 4.78 is 0. The van der Waals surface area contributed by atoms with Crippen LogP contribution in [0, 0.1) is 5.41 Å². The fourth-order valence-electron chi connectivity index (χ4n) is 5.19. The molecule has 0 aromatic rings.